The van der Waals surface area contributed by atoms with E-state index in [2.05, 4.69) is 42.0 Å². The van der Waals surface area contributed by atoms with Crippen LogP contribution >= 0.6 is 0 Å². The van der Waals surface area contributed by atoms with Crippen molar-refractivity contribution in [3.63, 3.8) is 0 Å². The van der Waals surface area contributed by atoms with Crippen LogP contribution in [0.15, 0.2) is 18.3 Å². The van der Waals surface area contributed by atoms with Crippen LogP contribution in [0.4, 0.5) is 0 Å². The Hall–Kier alpha value is -0.930. The summed E-state index contributed by atoms with van der Waals surface area (Å²) in [6, 6.07) is 4.17. The number of aryl methyl sites for hydroxylation is 1. The minimum atomic E-state index is 0.710. The van der Waals surface area contributed by atoms with E-state index in [-0.39, 0.29) is 0 Å². The van der Waals surface area contributed by atoms with Crippen molar-refractivity contribution in [1.29, 1.82) is 0 Å². The molecule has 0 amide bonds. The molecule has 0 spiro atoms. The van der Waals surface area contributed by atoms with Crippen LogP contribution in [0.2, 0.25) is 0 Å². The molecule has 1 aromatic rings. The summed E-state index contributed by atoms with van der Waals surface area (Å²) in [6.45, 7) is 12.4. The highest BCUT2D eigenvalue weighted by Gasteiger charge is 2.18. The summed E-state index contributed by atoms with van der Waals surface area (Å²) in [7, 11) is 0. The van der Waals surface area contributed by atoms with Gasteiger partial charge in [-0.05, 0) is 43.5 Å². The number of pyridine rings is 1. The lowest BCUT2D eigenvalue weighted by molar-refractivity contribution is 0.176. The highest BCUT2D eigenvalue weighted by molar-refractivity contribution is 5.17. The zero-order chi connectivity index (χ0) is 13.0. The van der Waals surface area contributed by atoms with Gasteiger partial charge >= 0.3 is 0 Å². The Balaban J connectivity index is 2.03. The third-order valence-corrected chi connectivity index (χ3v) is 3.62. The van der Waals surface area contributed by atoms with E-state index in [1.165, 1.54) is 11.3 Å². The third kappa shape index (κ3) is 3.79. The maximum atomic E-state index is 4.52. The van der Waals surface area contributed by atoms with E-state index in [1.54, 1.807) is 0 Å². The number of rotatable bonds is 2. The number of hydrogen-bond acceptors (Lipinski definition) is 3. The molecule has 1 aromatic heterocycles. The van der Waals surface area contributed by atoms with E-state index in [0.717, 1.165) is 32.7 Å². The Labute approximate surface area is 111 Å². The van der Waals surface area contributed by atoms with Crippen molar-refractivity contribution in [2.24, 2.45) is 11.8 Å². The molecule has 3 heteroatoms. The summed E-state index contributed by atoms with van der Waals surface area (Å²) in [5, 5.41) is 3.54. The van der Waals surface area contributed by atoms with Crippen molar-refractivity contribution in [3.05, 3.63) is 29.6 Å². The Morgan fingerprint density at radius 2 is 1.94 bits per heavy atom. The molecule has 100 valence electrons. The van der Waals surface area contributed by atoms with Gasteiger partial charge in [-0.1, -0.05) is 19.9 Å². The van der Waals surface area contributed by atoms with Gasteiger partial charge in [-0.25, -0.2) is 0 Å². The Morgan fingerprint density at radius 3 is 2.56 bits per heavy atom. The van der Waals surface area contributed by atoms with Crippen LogP contribution in [0, 0.1) is 18.8 Å². The zero-order valence-corrected chi connectivity index (χ0v) is 11.8. The van der Waals surface area contributed by atoms with Gasteiger partial charge in [0.05, 0.1) is 5.69 Å². The first-order chi connectivity index (χ1) is 8.65. The molecule has 18 heavy (non-hydrogen) atoms. The Kier molecular flexibility index (Phi) is 4.72. The molecule has 2 rings (SSSR count). The smallest absolute Gasteiger partial charge is 0.0573 e. The zero-order valence-electron chi connectivity index (χ0n) is 11.8. The van der Waals surface area contributed by atoms with Gasteiger partial charge in [-0.15, -0.1) is 0 Å². The molecule has 1 saturated heterocycles. The van der Waals surface area contributed by atoms with Crippen LogP contribution in [0.25, 0.3) is 0 Å². The van der Waals surface area contributed by atoms with E-state index in [9.17, 15) is 0 Å². The van der Waals surface area contributed by atoms with Crippen molar-refractivity contribution in [2.45, 2.75) is 27.3 Å². The number of hydrogen-bond donors (Lipinski definition) is 1. The number of nitrogens with one attached hydrogen (secondary N) is 1. The monoisotopic (exact) mass is 247 g/mol. The molecule has 1 aliphatic heterocycles. The molecular formula is C15H25N3. The van der Waals surface area contributed by atoms with Gasteiger partial charge in [0.2, 0.25) is 0 Å². The molecule has 1 N–H and O–H groups in total. The molecule has 0 aromatic carbocycles. The second kappa shape index (κ2) is 6.30. The van der Waals surface area contributed by atoms with Crippen LogP contribution in [0.3, 0.4) is 0 Å². The molecule has 0 bridgehead atoms. The van der Waals surface area contributed by atoms with Gasteiger partial charge in [-0.2, -0.15) is 0 Å². The lowest BCUT2D eigenvalue weighted by atomic mass is 10.0. The molecule has 2 heterocycles. The minimum absolute atomic E-state index is 0.710. The molecule has 3 nitrogen and oxygen atoms in total. The quantitative estimate of drug-likeness (QED) is 0.867. The maximum absolute atomic E-state index is 4.52. The van der Waals surface area contributed by atoms with Gasteiger partial charge in [0.15, 0.2) is 0 Å². The predicted octanol–water partition coefficient (Wildman–Crippen LogP) is 2.07. The largest absolute Gasteiger partial charge is 0.316 e. The second-order valence-electron chi connectivity index (χ2n) is 5.83. The highest BCUT2D eigenvalue weighted by Crippen LogP contribution is 2.13. The summed E-state index contributed by atoms with van der Waals surface area (Å²) < 4.78 is 0. The fourth-order valence-electron chi connectivity index (χ4n) is 2.69. The summed E-state index contributed by atoms with van der Waals surface area (Å²) in [5.74, 6) is 1.42. The average molecular weight is 247 g/mol. The third-order valence-electron chi connectivity index (χ3n) is 3.62. The second-order valence-corrected chi connectivity index (χ2v) is 5.83. The topological polar surface area (TPSA) is 28.2 Å². The number of aromatic nitrogens is 1. The van der Waals surface area contributed by atoms with Crippen molar-refractivity contribution in [1.82, 2.24) is 15.2 Å². The predicted molar refractivity (Wildman–Crippen MR) is 75.4 cm³/mol. The van der Waals surface area contributed by atoms with E-state index < -0.39 is 0 Å². The minimum Gasteiger partial charge on any atom is -0.316 e. The van der Waals surface area contributed by atoms with Crippen molar-refractivity contribution in [2.75, 3.05) is 26.2 Å². The summed E-state index contributed by atoms with van der Waals surface area (Å²) in [4.78, 5) is 7.08. The van der Waals surface area contributed by atoms with Gasteiger partial charge < -0.3 is 5.32 Å². The standard InChI is InChI=1S/C15H25N3/c1-12-7-16-8-13(2)10-18(9-12)11-15-14(3)5-4-6-17-15/h4-6,12-13,16H,7-11H2,1-3H3. The van der Waals surface area contributed by atoms with Crippen LogP contribution < -0.4 is 5.32 Å². The van der Waals surface area contributed by atoms with Crippen molar-refractivity contribution >= 4 is 0 Å². The SMILES string of the molecule is Cc1cccnc1CN1CC(C)CNCC(C)C1. The summed E-state index contributed by atoms with van der Waals surface area (Å²) in [6.07, 6.45) is 1.90. The van der Waals surface area contributed by atoms with Gasteiger partial charge in [0.1, 0.15) is 0 Å². The van der Waals surface area contributed by atoms with Crippen LogP contribution in [0.5, 0.6) is 0 Å². The summed E-state index contributed by atoms with van der Waals surface area (Å²) >= 11 is 0. The van der Waals surface area contributed by atoms with Gasteiger partial charge in [0, 0.05) is 25.8 Å². The van der Waals surface area contributed by atoms with E-state index in [1.807, 2.05) is 12.3 Å². The van der Waals surface area contributed by atoms with Crippen molar-refractivity contribution < 1.29 is 0 Å². The highest BCUT2D eigenvalue weighted by atomic mass is 15.1. The fourth-order valence-corrected chi connectivity index (χ4v) is 2.69. The first-order valence-corrected chi connectivity index (χ1v) is 6.98. The fraction of sp³-hybridized carbons (Fsp3) is 0.667. The van der Waals surface area contributed by atoms with Gasteiger partial charge in [-0.3, -0.25) is 9.88 Å². The van der Waals surface area contributed by atoms with E-state index in [4.69, 9.17) is 0 Å². The molecule has 1 aliphatic rings. The molecule has 2 atom stereocenters. The van der Waals surface area contributed by atoms with E-state index >= 15 is 0 Å². The van der Waals surface area contributed by atoms with E-state index in [0.29, 0.717) is 11.8 Å². The summed E-state index contributed by atoms with van der Waals surface area (Å²) in [5.41, 5.74) is 2.53. The molecule has 0 aliphatic carbocycles. The van der Waals surface area contributed by atoms with Gasteiger partial charge in [0.25, 0.3) is 0 Å². The van der Waals surface area contributed by atoms with Crippen LogP contribution in [0.1, 0.15) is 25.1 Å². The lowest BCUT2D eigenvalue weighted by Gasteiger charge is -2.31. The Bertz CT molecular complexity index is 366. The molecule has 0 radical (unpaired) electrons. The normalized spacial score (nSPS) is 26.6. The lowest BCUT2D eigenvalue weighted by Crippen LogP contribution is -2.42. The first kappa shape index (κ1) is 13.5. The number of nitrogens with zero attached hydrogens (tertiary/aromatic N) is 2. The molecule has 1 fully saturated rings. The first-order valence-electron chi connectivity index (χ1n) is 6.98. The maximum Gasteiger partial charge on any atom is 0.0573 e. The molecular weight excluding hydrogens is 222 g/mol. The average Bonchev–Trinajstić information content (AvgIpc) is 2.30. The molecule has 2 unspecified atom stereocenters. The Morgan fingerprint density at radius 1 is 1.28 bits per heavy atom. The van der Waals surface area contributed by atoms with Crippen LogP contribution in [-0.4, -0.2) is 36.1 Å². The van der Waals surface area contributed by atoms with Crippen LogP contribution in [-0.2, 0) is 6.54 Å². The van der Waals surface area contributed by atoms with Crippen molar-refractivity contribution in [3.8, 4) is 0 Å². The molecule has 0 saturated carbocycles.